The van der Waals surface area contributed by atoms with Gasteiger partial charge in [-0.25, -0.2) is 0 Å². The summed E-state index contributed by atoms with van der Waals surface area (Å²) in [7, 11) is 0. The lowest BCUT2D eigenvalue weighted by Crippen LogP contribution is -2.17. The first-order chi connectivity index (χ1) is 8.81. The van der Waals surface area contributed by atoms with E-state index in [-0.39, 0.29) is 12.2 Å². The highest BCUT2D eigenvalue weighted by molar-refractivity contribution is 5.18. The Balaban J connectivity index is 2.07. The van der Waals surface area contributed by atoms with Crippen molar-refractivity contribution in [2.45, 2.75) is 19.1 Å². The molecule has 2 rings (SSSR count). The SMILES string of the molecule is CC(OC(CN)c1cccnc1)c1ccccc1. The van der Waals surface area contributed by atoms with E-state index in [9.17, 15) is 0 Å². The monoisotopic (exact) mass is 242 g/mol. The standard InChI is InChI=1S/C15H18N2O/c1-12(13-6-3-2-4-7-13)18-15(10-16)14-8-5-9-17-11-14/h2-9,11-12,15H,10,16H2,1H3. The van der Waals surface area contributed by atoms with Gasteiger partial charge in [-0.1, -0.05) is 36.4 Å². The summed E-state index contributed by atoms with van der Waals surface area (Å²) in [6.07, 6.45) is 3.45. The van der Waals surface area contributed by atoms with Gasteiger partial charge >= 0.3 is 0 Å². The van der Waals surface area contributed by atoms with Crippen LogP contribution in [0.2, 0.25) is 0 Å². The summed E-state index contributed by atoms with van der Waals surface area (Å²) in [5.74, 6) is 0. The van der Waals surface area contributed by atoms with Crippen LogP contribution in [0.4, 0.5) is 0 Å². The summed E-state index contributed by atoms with van der Waals surface area (Å²) in [6.45, 7) is 2.48. The lowest BCUT2D eigenvalue weighted by molar-refractivity contribution is 0.0000589. The van der Waals surface area contributed by atoms with Crippen molar-refractivity contribution in [3.8, 4) is 0 Å². The largest absolute Gasteiger partial charge is 0.365 e. The molecule has 2 N–H and O–H groups in total. The lowest BCUT2D eigenvalue weighted by atomic mass is 10.1. The van der Waals surface area contributed by atoms with E-state index >= 15 is 0 Å². The fourth-order valence-corrected chi connectivity index (χ4v) is 1.89. The summed E-state index contributed by atoms with van der Waals surface area (Å²) < 4.78 is 6.01. The van der Waals surface area contributed by atoms with Gasteiger partial charge in [0.25, 0.3) is 0 Å². The third-order valence-corrected chi connectivity index (χ3v) is 2.91. The number of rotatable bonds is 5. The summed E-state index contributed by atoms with van der Waals surface area (Å²) in [4.78, 5) is 4.10. The van der Waals surface area contributed by atoms with E-state index in [0.29, 0.717) is 6.54 Å². The molecule has 0 aliphatic heterocycles. The van der Waals surface area contributed by atoms with Crippen LogP contribution in [0, 0.1) is 0 Å². The molecule has 0 aliphatic carbocycles. The molecule has 0 amide bonds. The van der Waals surface area contributed by atoms with Crippen LogP contribution in [-0.4, -0.2) is 11.5 Å². The van der Waals surface area contributed by atoms with Crippen LogP contribution in [0.15, 0.2) is 54.9 Å². The van der Waals surface area contributed by atoms with Gasteiger partial charge in [-0.05, 0) is 18.6 Å². The molecular formula is C15H18N2O. The van der Waals surface area contributed by atoms with Crippen LogP contribution in [0.25, 0.3) is 0 Å². The topological polar surface area (TPSA) is 48.1 Å². The minimum Gasteiger partial charge on any atom is -0.365 e. The van der Waals surface area contributed by atoms with E-state index in [1.165, 1.54) is 0 Å². The van der Waals surface area contributed by atoms with E-state index in [0.717, 1.165) is 11.1 Å². The Bertz CT molecular complexity index is 458. The second-order valence-electron chi connectivity index (χ2n) is 4.20. The summed E-state index contributed by atoms with van der Waals surface area (Å²) in [5.41, 5.74) is 7.95. The van der Waals surface area contributed by atoms with Crippen LogP contribution in [0.3, 0.4) is 0 Å². The van der Waals surface area contributed by atoms with Gasteiger partial charge in [0.15, 0.2) is 0 Å². The van der Waals surface area contributed by atoms with Crippen LogP contribution < -0.4 is 5.73 Å². The minimum absolute atomic E-state index is 0.0138. The number of aromatic nitrogens is 1. The number of nitrogens with zero attached hydrogens (tertiary/aromatic N) is 1. The number of hydrogen-bond acceptors (Lipinski definition) is 3. The van der Waals surface area contributed by atoms with Crippen LogP contribution in [0.1, 0.15) is 30.3 Å². The predicted octanol–water partition coefficient (Wildman–Crippen LogP) is 2.86. The minimum atomic E-state index is -0.117. The zero-order valence-corrected chi connectivity index (χ0v) is 10.5. The third kappa shape index (κ3) is 3.15. The van der Waals surface area contributed by atoms with Crippen LogP contribution in [0.5, 0.6) is 0 Å². The Morgan fingerprint density at radius 1 is 1.11 bits per heavy atom. The quantitative estimate of drug-likeness (QED) is 0.877. The van der Waals surface area contributed by atoms with E-state index in [4.69, 9.17) is 10.5 Å². The van der Waals surface area contributed by atoms with Crippen molar-refractivity contribution in [2.75, 3.05) is 6.54 Å². The van der Waals surface area contributed by atoms with Crippen molar-refractivity contribution >= 4 is 0 Å². The predicted molar refractivity (Wildman–Crippen MR) is 72.0 cm³/mol. The van der Waals surface area contributed by atoms with Crippen molar-refractivity contribution in [1.82, 2.24) is 4.98 Å². The molecule has 2 unspecified atom stereocenters. The molecule has 18 heavy (non-hydrogen) atoms. The van der Waals surface area contributed by atoms with Gasteiger partial charge in [0.2, 0.25) is 0 Å². The molecule has 0 bridgehead atoms. The molecule has 0 saturated heterocycles. The Hall–Kier alpha value is -1.71. The second-order valence-corrected chi connectivity index (χ2v) is 4.20. The smallest absolute Gasteiger partial charge is 0.0970 e. The number of pyridine rings is 1. The van der Waals surface area contributed by atoms with Crippen molar-refractivity contribution in [2.24, 2.45) is 5.73 Å². The maximum absolute atomic E-state index is 6.01. The molecule has 3 nitrogen and oxygen atoms in total. The highest BCUT2D eigenvalue weighted by Gasteiger charge is 2.15. The third-order valence-electron chi connectivity index (χ3n) is 2.91. The molecule has 1 aromatic carbocycles. The first kappa shape index (κ1) is 12.7. The second kappa shape index (κ2) is 6.28. The average molecular weight is 242 g/mol. The normalized spacial score (nSPS) is 14.1. The van der Waals surface area contributed by atoms with Gasteiger partial charge in [-0.15, -0.1) is 0 Å². The molecule has 0 aliphatic rings. The van der Waals surface area contributed by atoms with E-state index in [2.05, 4.69) is 17.1 Å². The number of ether oxygens (including phenoxy) is 1. The van der Waals surface area contributed by atoms with E-state index < -0.39 is 0 Å². The molecular weight excluding hydrogens is 224 g/mol. The molecule has 94 valence electrons. The first-order valence-corrected chi connectivity index (χ1v) is 6.11. The molecule has 2 aromatic rings. The number of benzene rings is 1. The molecule has 0 saturated carbocycles. The van der Waals surface area contributed by atoms with Crippen molar-refractivity contribution in [1.29, 1.82) is 0 Å². The van der Waals surface area contributed by atoms with Crippen LogP contribution in [-0.2, 0) is 4.74 Å². The fraction of sp³-hybridized carbons (Fsp3) is 0.267. The van der Waals surface area contributed by atoms with Gasteiger partial charge in [0.1, 0.15) is 0 Å². The van der Waals surface area contributed by atoms with Gasteiger partial charge in [0, 0.05) is 24.5 Å². The highest BCUT2D eigenvalue weighted by atomic mass is 16.5. The van der Waals surface area contributed by atoms with Crippen molar-refractivity contribution in [3.63, 3.8) is 0 Å². The molecule has 3 heteroatoms. The zero-order valence-electron chi connectivity index (χ0n) is 10.5. The number of hydrogen-bond donors (Lipinski definition) is 1. The summed E-state index contributed by atoms with van der Waals surface area (Å²) >= 11 is 0. The molecule has 0 spiro atoms. The Kier molecular flexibility index (Phi) is 4.45. The summed E-state index contributed by atoms with van der Waals surface area (Å²) in [6, 6.07) is 14.0. The van der Waals surface area contributed by atoms with E-state index in [1.54, 1.807) is 12.4 Å². The van der Waals surface area contributed by atoms with Crippen molar-refractivity contribution in [3.05, 3.63) is 66.0 Å². The Labute approximate surface area is 108 Å². The fourth-order valence-electron chi connectivity index (χ4n) is 1.89. The molecule has 0 fully saturated rings. The highest BCUT2D eigenvalue weighted by Crippen LogP contribution is 2.25. The Morgan fingerprint density at radius 3 is 2.44 bits per heavy atom. The van der Waals surface area contributed by atoms with Gasteiger partial charge < -0.3 is 10.5 Å². The lowest BCUT2D eigenvalue weighted by Gasteiger charge is -2.21. The first-order valence-electron chi connectivity index (χ1n) is 6.11. The maximum Gasteiger partial charge on any atom is 0.0970 e. The number of nitrogens with two attached hydrogens (primary N) is 1. The van der Waals surface area contributed by atoms with Gasteiger partial charge in [-0.2, -0.15) is 0 Å². The summed E-state index contributed by atoms with van der Waals surface area (Å²) in [5, 5.41) is 0. The Morgan fingerprint density at radius 2 is 1.83 bits per heavy atom. The molecule has 2 atom stereocenters. The van der Waals surface area contributed by atoms with Gasteiger partial charge in [0.05, 0.1) is 12.2 Å². The zero-order chi connectivity index (χ0) is 12.8. The maximum atomic E-state index is 6.01. The average Bonchev–Trinajstić information content (AvgIpc) is 2.46. The van der Waals surface area contributed by atoms with Crippen LogP contribution >= 0.6 is 0 Å². The van der Waals surface area contributed by atoms with E-state index in [1.807, 2.05) is 37.3 Å². The molecule has 1 aromatic heterocycles. The molecule has 0 radical (unpaired) electrons. The van der Waals surface area contributed by atoms with Crippen molar-refractivity contribution < 1.29 is 4.74 Å². The molecule has 1 heterocycles. The van der Waals surface area contributed by atoms with Gasteiger partial charge in [-0.3, -0.25) is 4.98 Å².